The number of benzene rings is 1. The predicted molar refractivity (Wildman–Crippen MR) is 104 cm³/mol. The highest BCUT2D eigenvalue weighted by Crippen LogP contribution is 2.40. The summed E-state index contributed by atoms with van der Waals surface area (Å²) in [6.45, 7) is 6.34. The summed E-state index contributed by atoms with van der Waals surface area (Å²) in [5, 5.41) is 11.6. The summed E-state index contributed by atoms with van der Waals surface area (Å²) in [5.74, 6) is -0.451. The van der Waals surface area contributed by atoms with E-state index in [0.717, 1.165) is 11.3 Å². The zero-order chi connectivity index (χ0) is 21.1. The second-order valence-corrected chi connectivity index (χ2v) is 7.75. The predicted octanol–water partition coefficient (Wildman–Crippen LogP) is 1.37. The number of hydrogen-bond donors (Lipinski definition) is 3. The van der Waals surface area contributed by atoms with E-state index in [1.807, 2.05) is 26.8 Å². The quantitative estimate of drug-likeness (QED) is 0.466. The molecule has 0 aromatic heterocycles. The first-order valence-electron chi connectivity index (χ1n) is 9.81. The maximum Gasteiger partial charge on any atom is 0.249 e. The van der Waals surface area contributed by atoms with Crippen molar-refractivity contribution in [3.05, 3.63) is 17.7 Å². The van der Waals surface area contributed by atoms with Crippen molar-refractivity contribution in [1.29, 1.82) is 0 Å². The van der Waals surface area contributed by atoms with Crippen molar-refractivity contribution in [1.82, 2.24) is 10.8 Å². The van der Waals surface area contributed by atoms with Gasteiger partial charge in [-0.1, -0.05) is 13.8 Å². The minimum atomic E-state index is -0.734. The van der Waals surface area contributed by atoms with Crippen molar-refractivity contribution in [3.63, 3.8) is 0 Å². The molecule has 2 atom stereocenters. The number of hydroxylamine groups is 1. The van der Waals surface area contributed by atoms with Crippen LogP contribution in [0.15, 0.2) is 12.1 Å². The van der Waals surface area contributed by atoms with Gasteiger partial charge in [-0.3, -0.25) is 19.6 Å². The second kappa shape index (κ2) is 8.69. The third kappa shape index (κ3) is 4.45. The van der Waals surface area contributed by atoms with E-state index in [4.69, 9.17) is 14.7 Å². The fourth-order valence-corrected chi connectivity index (χ4v) is 3.85. The van der Waals surface area contributed by atoms with E-state index in [1.165, 1.54) is 0 Å². The van der Waals surface area contributed by atoms with Crippen LogP contribution >= 0.6 is 0 Å². The molecular weight excluding hydrogens is 378 g/mol. The number of amides is 3. The van der Waals surface area contributed by atoms with Gasteiger partial charge in [-0.15, -0.1) is 0 Å². The highest BCUT2D eigenvalue weighted by molar-refractivity contribution is 6.02. The van der Waals surface area contributed by atoms with Gasteiger partial charge in [-0.05, 0) is 30.9 Å². The largest absolute Gasteiger partial charge is 0.454 e. The molecule has 158 valence electrons. The molecule has 0 radical (unpaired) electrons. The van der Waals surface area contributed by atoms with Crippen LogP contribution in [0.5, 0.6) is 11.5 Å². The molecule has 0 aliphatic carbocycles. The molecule has 0 saturated heterocycles. The standard InChI is InChI=1S/C20H27N3O6/c1-4-23-15-9-17-16(28-10-29-17)7-12(15)6-14(20(23)26)21-19(25)13(5-11(2)3)8-18(24)22-27/h7,9,11,13-14,27H,4-6,8,10H2,1-3H3,(H,21,25)(H,22,24)/t13-,14+/m1/s1. The van der Waals surface area contributed by atoms with Crippen LogP contribution in [0.2, 0.25) is 0 Å². The van der Waals surface area contributed by atoms with Gasteiger partial charge in [0.25, 0.3) is 0 Å². The van der Waals surface area contributed by atoms with Crippen molar-refractivity contribution < 1.29 is 29.1 Å². The van der Waals surface area contributed by atoms with Crippen LogP contribution in [0.3, 0.4) is 0 Å². The number of hydrogen-bond acceptors (Lipinski definition) is 6. The lowest BCUT2D eigenvalue weighted by Crippen LogP contribution is -2.54. The molecule has 0 bridgehead atoms. The van der Waals surface area contributed by atoms with Crippen LogP contribution in [0, 0.1) is 11.8 Å². The summed E-state index contributed by atoms with van der Waals surface area (Å²) < 4.78 is 10.8. The molecule has 1 aromatic carbocycles. The second-order valence-electron chi connectivity index (χ2n) is 7.75. The summed E-state index contributed by atoms with van der Waals surface area (Å²) >= 11 is 0. The van der Waals surface area contributed by atoms with E-state index in [9.17, 15) is 14.4 Å². The van der Waals surface area contributed by atoms with Gasteiger partial charge in [0, 0.05) is 31.4 Å². The summed E-state index contributed by atoms with van der Waals surface area (Å²) in [4.78, 5) is 39.1. The Balaban J connectivity index is 1.80. The maximum absolute atomic E-state index is 13.0. The highest BCUT2D eigenvalue weighted by Gasteiger charge is 2.36. The van der Waals surface area contributed by atoms with E-state index < -0.39 is 17.9 Å². The Labute approximate surface area is 169 Å². The number of rotatable bonds is 7. The van der Waals surface area contributed by atoms with Crippen LogP contribution in [0.25, 0.3) is 0 Å². The third-order valence-electron chi connectivity index (χ3n) is 5.17. The van der Waals surface area contributed by atoms with Gasteiger partial charge < -0.3 is 19.7 Å². The Bertz CT molecular complexity index is 810. The van der Waals surface area contributed by atoms with Gasteiger partial charge in [0.05, 0.1) is 5.69 Å². The zero-order valence-corrected chi connectivity index (χ0v) is 16.9. The molecule has 0 fully saturated rings. The lowest BCUT2D eigenvalue weighted by molar-refractivity contribution is -0.136. The Morgan fingerprint density at radius 1 is 1.28 bits per heavy atom. The van der Waals surface area contributed by atoms with Gasteiger partial charge >= 0.3 is 0 Å². The first-order chi connectivity index (χ1) is 13.8. The topological polar surface area (TPSA) is 117 Å². The molecule has 1 aromatic rings. The summed E-state index contributed by atoms with van der Waals surface area (Å²) in [6, 6.07) is 2.91. The SMILES string of the molecule is CCN1C(=O)[C@@H](NC(=O)[C@@H](CC(=O)NO)CC(C)C)Cc2cc3c(cc21)OCO3. The molecular formula is C20H27N3O6. The van der Waals surface area contributed by atoms with Crippen LogP contribution < -0.4 is 25.2 Å². The number of carbonyl (C=O) groups excluding carboxylic acids is 3. The number of nitrogens with one attached hydrogen (secondary N) is 2. The van der Waals surface area contributed by atoms with Crippen LogP contribution in [0.1, 0.15) is 39.2 Å². The Morgan fingerprint density at radius 3 is 2.59 bits per heavy atom. The molecule has 2 aliphatic heterocycles. The Hall–Kier alpha value is -2.81. The van der Waals surface area contributed by atoms with Crippen molar-refractivity contribution in [2.24, 2.45) is 11.8 Å². The van der Waals surface area contributed by atoms with E-state index in [1.54, 1.807) is 16.4 Å². The smallest absolute Gasteiger partial charge is 0.249 e. The summed E-state index contributed by atoms with van der Waals surface area (Å²) in [7, 11) is 0. The Morgan fingerprint density at radius 2 is 1.97 bits per heavy atom. The molecule has 0 spiro atoms. The van der Waals surface area contributed by atoms with E-state index >= 15 is 0 Å². The average Bonchev–Trinajstić information content (AvgIpc) is 3.13. The number of likely N-dealkylation sites (N-methyl/N-ethyl adjacent to an activating group) is 1. The molecule has 3 N–H and O–H groups in total. The Kier molecular flexibility index (Phi) is 6.26. The third-order valence-corrected chi connectivity index (χ3v) is 5.17. The molecule has 9 heteroatoms. The lowest BCUT2D eigenvalue weighted by atomic mass is 9.91. The fraction of sp³-hybridized carbons (Fsp3) is 0.550. The van der Waals surface area contributed by atoms with Crippen LogP contribution in [-0.2, 0) is 20.8 Å². The summed E-state index contributed by atoms with van der Waals surface area (Å²) in [5.41, 5.74) is 3.21. The number of anilines is 1. The summed E-state index contributed by atoms with van der Waals surface area (Å²) in [6.07, 6.45) is 0.648. The van der Waals surface area contributed by atoms with Crippen molar-refractivity contribution in [3.8, 4) is 11.5 Å². The maximum atomic E-state index is 13.0. The van der Waals surface area contributed by atoms with Crippen LogP contribution in [0.4, 0.5) is 5.69 Å². The molecule has 3 amide bonds. The molecule has 29 heavy (non-hydrogen) atoms. The normalized spacial score (nSPS) is 18.4. The van der Waals surface area contributed by atoms with Crippen molar-refractivity contribution >= 4 is 23.4 Å². The molecule has 0 saturated carbocycles. The van der Waals surface area contributed by atoms with E-state index in [2.05, 4.69) is 5.32 Å². The molecule has 2 aliphatic rings. The highest BCUT2D eigenvalue weighted by atomic mass is 16.7. The minimum Gasteiger partial charge on any atom is -0.454 e. The number of ether oxygens (including phenoxy) is 2. The van der Waals surface area contributed by atoms with Gasteiger partial charge in [0.1, 0.15) is 6.04 Å². The van der Waals surface area contributed by atoms with Crippen LogP contribution in [-0.4, -0.2) is 42.3 Å². The van der Waals surface area contributed by atoms with Gasteiger partial charge in [0.15, 0.2) is 11.5 Å². The lowest BCUT2D eigenvalue weighted by Gasteiger charge is -2.34. The first kappa shape index (κ1) is 20.9. The average molecular weight is 405 g/mol. The molecule has 3 rings (SSSR count). The van der Waals surface area contributed by atoms with E-state index in [-0.39, 0.29) is 30.9 Å². The van der Waals surface area contributed by atoms with Crippen molar-refractivity contribution in [2.45, 2.75) is 46.1 Å². The monoisotopic (exact) mass is 405 g/mol. The van der Waals surface area contributed by atoms with Crippen molar-refractivity contribution in [2.75, 3.05) is 18.2 Å². The van der Waals surface area contributed by atoms with E-state index in [0.29, 0.717) is 30.9 Å². The fourth-order valence-electron chi connectivity index (χ4n) is 3.85. The number of nitrogens with zero attached hydrogens (tertiary/aromatic N) is 1. The first-order valence-corrected chi connectivity index (χ1v) is 9.81. The minimum absolute atomic E-state index is 0.141. The molecule has 2 heterocycles. The van der Waals surface area contributed by atoms with Gasteiger partial charge in [0.2, 0.25) is 24.5 Å². The number of carbonyl (C=O) groups is 3. The van der Waals surface area contributed by atoms with Gasteiger partial charge in [-0.25, -0.2) is 5.48 Å². The number of fused-ring (bicyclic) bond motifs is 2. The van der Waals surface area contributed by atoms with Gasteiger partial charge in [-0.2, -0.15) is 0 Å². The zero-order valence-electron chi connectivity index (χ0n) is 16.9. The molecule has 9 nitrogen and oxygen atoms in total. The molecule has 0 unspecified atom stereocenters.